The first-order chi connectivity index (χ1) is 6.59. The van der Waals surface area contributed by atoms with Crippen LogP contribution in [-0.4, -0.2) is 26.0 Å². The second-order valence-electron chi connectivity index (χ2n) is 2.51. The molecular weight excluding hydrogens is 320 g/mol. The van der Waals surface area contributed by atoms with Gasteiger partial charge in [-0.25, -0.2) is 9.78 Å². The highest BCUT2D eigenvalue weighted by atomic mass is 127. The third-order valence-electron chi connectivity index (χ3n) is 1.67. The molecule has 0 bridgehead atoms. The number of aromatic nitrogens is 3. The maximum absolute atomic E-state index is 10.7. The summed E-state index contributed by atoms with van der Waals surface area (Å²) in [6.07, 6.45) is 0.253. The molecule has 0 aliphatic heterocycles. The number of halogens is 2. The lowest BCUT2D eigenvalue weighted by molar-refractivity contribution is 0.194. The molecule has 0 unspecified atom stereocenters. The number of pyridine rings is 1. The number of fused-ring (bicyclic) bond motifs is 1. The molecule has 0 radical (unpaired) electrons. The Bertz CT molecular complexity index is 525. The Kier molecular flexibility index (Phi) is 2.31. The summed E-state index contributed by atoms with van der Waals surface area (Å²) < 4.78 is 1.46. The van der Waals surface area contributed by atoms with E-state index in [1.54, 1.807) is 6.07 Å². The van der Waals surface area contributed by atoms with Crippen molar-refractivity contribution in [3.63, 3.8) is 0 Å². The van der Waals surface area contributed by atoms with Crippen LogP contribution in [0.5, 0.6) is 0 Å². The molecule has 2 rings (SSSR count). The summed E-state index contributed by atoms with van der Waals surface area (Å²) >= 11 is 7.63. The van der Waals surface area contributed by atoms with Crippen molar-refractivity contribution in [2.75, 3.05) is 0 Å². The number of hydrogen-bond acceptors (Lipinski definition) is 3. The second-order valence-corrected chi connectivity index (χ2v) is 3.92. The van der Waals surface area contributed by atoms with Gasteiger partial charge in [-0.2, -0.15) is 9.78 Å². The molecule has 0 amide bonds. The van der Waals surface area contributed by atoms with Crippen molar-refractivity contribution in [2.24, 2.45) is 0 Å². The van der Waals surface area contributed by atoms with E-state index in [4.69, 9.17) is 16.7 Å². The first-order valence-electron chi connectivity index (χ1n) is 3.52. The molecule has 0 spiro atoms. The zero-order valence-corrected chi connectivity index (χ0v) is 9.52. The Morgan fingerprint density at radius 3 is 3.00 bits per heavy atom. The molecule has 1 N–H and O–H groups in total. The van der Waals surface area contributed by atoms with E-state index in [-0.39, 0.29) is 0 Å². The van der Waals surface area contributed by atoms with Gasteiger partial charge in [-0.1, -0.05) is 11.6 Å². The lowest BCUT2D eigenvalue weighted by Crippen LogP contribution is -2.09. The van der Waals surface area contributed by atoms with Crippen molar-refractivity contribution in [1.29, 1.82) is 0 Å². The van der Waals surface area contributed by atoms with E-state index in [9.17, 15) is 4.79 Å². The molecule has 0 atom stereocenters. The first kappa shape index (κ1) is 9.66. The molecule has 0 saturated carbocycles. The fourth-order valence-electron chi connectivity index (χ4n) is 1.10. The number of hydrogen-bond donors (Lipinski definition) is 1. The maximum Gasteiger partial charge on any atom is 0.432 e. The van der Waals surface area contributed by atoms with Gasteiger partial charge >= 0.3 is 6.09 Å². The predicted molar refractivity (Wildman–Crippen MR) is 58.7 cm³/mol. The second kappa shape index (κ2) is 3.35. The van der Waals surface area contributed by atoms with Gasteiger partial charge in [-0.15, -0.1) is 0 Å². The molecule has 72 valence electrons. The number of rotatable bonds is 0. The fourth-order valence-corrected chi connectivity index (χ4v) is 1.90. The number of carboxylic acid groups (broad SMARTS) is 1. The monoisotopic (exact) mass is 323 g/mol. The topological polar surface area (TPSA) is 68.0 Å². The minimum absolute atomic E-state index is 0.320. The molecule has 2 aromatic rings. The Hall–Kier alpha value is -0.890. The molecule has 0 aliphatic rings. The van der Waals surface area contributed by atoms with E-state index in [0.717, 1.165) is 4.68 Å². The van der Waals surface area contributed by atoms with Crippen molar-refractivity contribution in [3.05, 3.63) is 21.1 Å². The maximum atomic E-state index is 10.7. The normalized spacial score (nSPS) is 10.7. The van der Waals surface area contributed by atoms with Crippen molar-refractivity contribution < 1.29 is 9.90 Å². The molecule has 0 aromatic carbocycles. The highest BCUT2D eigenvalue weighted by molar-refractivity contribution is 14.1. The standard InChI is InChI=1S/C7H3ClIN3O2/c8-5-1-3-4(2-10-5)12(7(13)14)11-6(3)9/h1-2H,(H,13,14). The zero-order valence-electron chi connectivity index (χ0n) is 6.61. The largest absolute Gasteiger partial charge is 0.463 e. The summed E-state index contributed by atoms with van der Waals surface area (Å²) in [5, 5.41) is 13.6. The van der Waals surface area contributed by atoms with Crippen molar-refractivity contribution in [1.82, 2.24) is 14.8 Å². The molecule has 7 heteroatoms. The van der Waals surface area contributed by atoms with Crippen molar-refractivity contribution >= 4 is 51.2 Å². The van der Waals surface area contributed by atoms with Gasteiger partial charge in [0.05, 0.1) is 6.20 Å². The van der Waals surface area contributed by atoms with Crippen molar-refractivity contribution in [2.45, 2.75) is 0 Å². The summed E-state index contributed by atoms with van der Waals surface area (Å²) in [7, 11) is 0. The van der Waals surface area contributed by atoms with Gasteiger partial charge in [-0.05, 0) is 28.7 Å². The van der Waals surface area contributed by atoms with Crippen LogP contribution in [0.25, 0.3) is 10.9 Å². The van der Waals surface area contributed by atoms with Gasteiger partial charge in [0.15, 0.2) is 0 Å². The molecule has 2 heterocycles. The average Bonchev–Trinajstić information content (AvgIpc) is 2.44. The highest BCUT2D eigenvalue weighted by Gasteiger charge is 2.13. The predicted octanol–water partition coefficient (Wildman–Crippen LogP) is 2.22. The van der Waals surface area contributed by atoms with Crippen LogP contribution in [0.4, 0.5) is 4.79 Å². The molecule has 5 nitrogen and oxygen atoms in total. The third kappa shape index (κ3) is 1.44. The van der Waals surface area contributed by atoms with Crippen LogP contribution in [0.2, 0.25) is 5.15 Å². The molecular formula is C7H3ClIN3O2. The van der Waals surface area contributed by atoms with Crippen LogP contribution in [0.3, 0.4) is 0 Å². The van der Waals surface area contributed by atoms with Crippen molar-refractivity contribution in [3.8, 4) is 0 Å². The van der Waals surface area contributed by atoms with Gasteiger partial charge in [-0.3, -0.25) is 0 Å². The van der Waals surface area contributed by atoms with Gasteiger partial charge in [0.1, 0.15) is 14.4 Å². The first-order valence-corrected chi connectivity index (χ1v) is 4.98. The van der Waals surface area contributed by atoms with Crippen LogP contribution in [0, 0.1) is 3.70 Å². The minimum Gasteiger partial charge on any atom is -0.463 e. The summed E-state index contributed by atoms with van der Waals surface area (Å²) in [5.41, 5.74) is 0.436. The summed E-state index contributed by atoms with van der Waals surface area (Å²) in [6, 6.07) is 1.59. The van der Waals surface area contributed by atoms with Crippen LogP contribution in [0.1, 0.15) is 0 Å². The van der Waals surface area contributed by atoms with Gasteiger partial charge in [0, 0.05) is 5.39 Å². The summed E-state index contributed by atoms with van der Waals surface area (Å²) in [5.74, 6) is 0. The van der Waals surface area contributed by atoms with E-state index in [1.165, 1.54) is 6.20 Å². The summed E-state index contributed by atoms with van der Waals surface area (Å²) in [6.45, 7) is 0. The average molecular weight is 323 g/mol. The van der Waals surface area contributed by atoms with Gasteiger partial charge < -0.3 is 5.11 Å². The Labute approximate surface area is 96.8 Å². The molecule has 14 heavy (non-hydrogen) atoms. The Morgan fingerprint density at radius 1 is 1.64 bits per heavy atom. The van der Waals surface area contributed by atoms with Crippen LogP contribution < -0.4 is 0 Å². The fraction of sp³-hybridized carbons (Fsp3) is 0. The molecule has 0 aliphatic carbocycles. The SMILES string of the molecule is O=C(O)n1nc(I)c2cc(Cl)ncc21. The molecule has 2 aromatic heterocycles. The van der Waals surface area contributed by atoms with E-state index in [1.807, 2.05) is 22.6 Å². The van der Waals surface area contributed by atoms with E-state index in [2.05, 4.69) is 10.1 Å². The smallest absolute Gasteiger partial charge is 0.432 e. The Balaban J connectivity index is 2.84. The third-order valence-corrected chi connectivity index (χ3v) is 2.67. The van der Waals surface area contributed by atoms with Gasteiger partial charge in [0.2, 0.25) is 0 Å². The van der Waals surface area contributed by atoms with Gasteiger partial charge in [0.25, 0.3) is 0 Å². The number of carbonyl (C=O) groups is 1. The summed E-state index contributed by atoms with van der Waals surface area (Å²) in [4.78, 5) is 14.6. The lowest BCUT2D eigenvalue weighted by atomic mass is 10.3. The minimum atomic E-state index is -1.14. The van der Waals surface area contributed by atoms with E-state index < -0.39 is 6.09 Å². The zero-order chi connectivity index (χ0) is 10.3. The van der Waals surface area contributed by atoms with Crippen LogP contribution >= 0.6 is 34.2 Å². The van der Waals surface area contributed by atoms with E-state index >= 15 is 0 Å². The van der Waals surface area contributed by atoms with Crippen LogP contribution in [0.15, 0.2) is 12.3 Å². The molecule has 0 saturated heterocycles. The van der Waals surface area contributed by atoms with E-state index in [0.29, 0.717) is 19.8 Å². The number of nitrogens with zero attached hydrogens (tertiary/aromatic N) is 3. The highest BCUT2D eigenvalue weighted by Crippen LogP contribution is 2.21. The quantitative estimate of drug-likeness (QED) is 0.596. The lowest BCUT2D eigenvalue weighted by Gasteiger charge is -1.93. The van der Waals surface area contributed by atoms with Crippen LogP contribution in [-0.2, 0) is 0 Å². The Morgan fingerprint density at radius 2 is 2.36 bits per heavy atom. The molecule has 0 fully saturated rings.